The van der Waals surface area contributed by atoms with Crippen LogP contribution in [0.4, 0.5) is 0 Å². The zero-order valence-electron chi connectivity index (χ0n) is 12.6. The SMILES string of the molecule is COC(=O)C[C@@H]1CSCCN1C(=O)c1ccc([S@@](C)=O)cc1. The van der Waals surface area contributed by atoms with Gasteiger partial charge in [-0.05, 0) is 24.3 Å². The molecule has 5 nitrogen and oxygen atoms in total. The van der Waals surface area contributed by atoms with Crippen molar-refractivity contribution < 1.29 is 18.5 Å². The molecule has 0 N–H and O–H groups in total. The van der Waals surface area contributed by atoms with E-state index in [4.69, 9.17) is 4.74 Å². The van der Waals surface area contributed by atoms with Gasteiger partial charge in [0.2, 0.25) is 0 Å². The van der Waals surface area contributed by atoms with E-state index in [0.717, 1.165) is 11.5 Å². The Hall–Kier alpha value is -1.34. The smallest absolute Gasteiger partial charge is 0.307 e. The fourth-order valence-electron chi connectivity index (χ4n) is 2.32. The standard InChI is InChI=1S/C15H19NO4S2/c1-20-14(17)9-12-10-21-8-7-16(12)15(18)11-3-5-13(6-4-11)22(2)19/h3-6,12H,7-10H2,1-2H3/t12-,22-/m1/s1. The van der Waals surface area contributed by atoms with Crippen LogP contribution in [0.5, 0.6) is 0 Å². The van der Waals surface area contributed by atoms with Crippen molar-refractivity contribution in [3.05, 3.63) is 29.8 Å². The highest BCUT2D eigenvalue weighted by molar-refractivity contribution is 7.99. The Morgan fingerprint density at radius 3 is 2.64 bits per heavy atom. The van der Waals surface area contributed by atoms with E-state index in [-0.39, 0.29) is 24.3 Å². The summed E-state index contributed by atoms with van der Waals surface area (Å²) in [6.07, 6.45) is 1.82. The van der Waals surface area contributed by atoms with Crippen LogP contribution in [0.15, 0.2) is 29.2 Å². The maximum Gasteiger partial charge on any atom is 0.307 e. The minimum Gasteiger partial charge on any atom is -0.469 e. The molecular formula is C15H19NO4S2. The van der Waals surface area contributed by atoms with E-state index in [9.17, 15) is 13.8 Å². The fraction of sp³-hybridized carbons (Fsp3) is 0.467. The van der Waals surface area contributed by atoms with Gasteiger partial charge in [-0.3, -0.25) is 13.8 Å². The van der Waals surface area contributed by atoms with E-state index in [0.29, 0.717) is 17.0 Å². The van der Waals surface area contributed by atoms with Gasteiger partial charge < -0.3 is 9.64 Å². The first-order chi connectivity index (χ1) is 10.5. The summed E-state index contributed by atoms with van der Waals surface area (Å²) < 4.78 is 16.1. The maximum atomic E-state index is 12.6. The summed E-state index contributed by atoms with van der Waals surface area (Å²) in [6.45, 7) is 0.618. The lowest BCUT2D eigenvalue weighted by atomic mass is 10.1. The molecule has 22 heavy (non-hydrogen) atoms. The second kappa shape index (κ2) is 7.78. The molecule has 1 aliphatic heterocycles. The van der Waals surface area contributed by atoms with Crippen LogP contribution in [0, 0.1) is 0 Å². The summed E-state index contributed by atoms with van der Waals surface area (Å²) in [5.41, 5.74) is 0.552. The van der Waals surface area contributed by atoms with Crippen molar-refractivity contribution in [2.45, 2.75) is 17.4 Å². The van der Waals surface area contributed by atoms with E-state index in [2.05, 4.69) is 0 Å². The Balaban J connectivity index is 2.14. The summed E-state index contributed by atoms with van der Waals surface area (Å²) in [5, 5.41) is 0. The Labute approximate surface area is 136 Å². The molecule has 7 heteroatoms. The van der Waals surface area contributed by atoms with Crippen molar-refractivity contribution in [1.82, 2.24) is 4.90 Å². The predicted octanol–water partition coefficient (Wildman–Crippen LogP) is 1.54. The van der Waals surface area contributed by atoms with Crippen LogP contribution in [0.25, 0.3) is 0 Å². The number of hydrogen-bond donors (Lipinski definition) is 0. The van der Waals surface area contributed by atoms with Gasteiger partial charge in [-0.25, -0.2) is 0 Å². The number of ether oxygens (including phenoxy) is 1. The van der Waals surface area contributed by atoms with Crippen LogP contribution in [0.2, 0.25) is 0 Å². The number of methoxy groups -OCH3 is 1. The van der Waals surface area contributed by atoms with Crippen molar-refractivity contribution >= 4 is 34.4 Å². The summed E-state index contributed by atoms with van der Waals surface area (Å²) in [5.74, 6) is 1.20. The Kier molecular flexibility index (Phi) is 6.02. The van der Waals surface area contributed by atoms with Gasteiger partial charge in [0, 0.05) is 45.6 Å². The van der Waals surface area contributed by atoms with Crippen LogP contribution in [-0.4, -0.2) is 58.4 Å². The predicted molar refractivity (Wildman–Crippen MR) is 87.6 cm³/mol. The summed E-state index contributed by atoms with van der Waals surface area (Å²) >= 11 is 1.74. The van der Waals surface area contributed by atoms with E-state index in [1.165, 1.54) is 7.11 Å². The van der Waals surface area contributed by atoms with Crippen molar-refractivity contribution in [2.75, 3.05) is 31.4 Å². The van der Waals surface area contributed by atoms with Crippen LogP contribution in [0.1, 0.15) is 16.8 Å². The van der Waals surface area contributed by atoms with Gasteiger partial charge in [0.25, 0.3) is 5.91 Å². The molecule has 0 saturated carbocycles. The van der Waals surface area contributed by atoms with Crippen LogP contribution in [0.3, 0.4) is 0 Å². The van der Waals surface area contributed by atoms with Gasteiger partial charge in [0.05, 0.1) is 19.6 Å². The maximum absolute atomic E-state index is 12.6. The largest absolute Gasteiger partial charge is 0.469 e. The third-order valence-electron chi connectivity index (χ3n) is 3.55. The molecule has 0 bridgehead atoms. The average molecular weight is 341 g/mol. The zero-order chi connectivity index (χ0) is 16.1. The van der Waals surface area contributed by atoms with Gasteiger partial charge in [-0.1, -0.05) is 0 Å². The molecule has 2 atom stereocenters. The van der Waals surface area contributed by atoms with Crippen molar-refractivity contribution in [3.8, 4) is 0 Å². The zero-order valence-corrected chi connectivity index (χ0v) is 14.2. The fourth-order valence-corrected chi connectivity index (χ4v) is 3.90. The summed E-state index contributed by atoms with van der Waals surface area (Å²) in [4.78, 5) is 26.6. The highest BCUT2D eigenvalue weighted by Gasteiger charge is 2.29. The normalized spacial score (nSPS) is 19.5. The molecule has 120 valence electrons. The summed E-state index contributed by atoms with van der Waals surface area (Å²) in [7, 11) is 0.295. The Morgan fingerprint density at radius 1 is 1.36 bits per heavy atom. The number of esters is 1. The average Bonchev–Trinajstić information content (AvgIpc) is 2.54. The Morgan fingerprint density at radius 2 is 2.05 bits per heavy atom. The van der Waals surface area contributed by atoms with Gasteiger partial charge in [-0.2, -0.15) is 11.8 Å². The molecule has 0 aliphatic carbocycles. The number of amides is 1. The molecule has 2 rings (SSSR count). The molecule has 1 aliphatic rings. The van der Waals surface area contributed by atoms with Crippen molar-refractivity contribution in [3.63, 3.8) is 0 Å². The van der Waals surface area contributed by atoms with Crippen LogP contribution in [-0.2, 0) is 20.3 Å². The van der Waals surface area contributed by atoms with Crippen LogP contribution >= 0.6 is 11.8 Å². The molecule has 1 aromatic rings. The van der Waals surface area contributed by atoms with Gasteiger partial charge in [-0.15, -0.1) is 0 Å². The number of benzene rings is 1. The quantitative estimate of drug-likeness (QED) is 0.778. The molecule has 1 heterocycles. The lowest BCUT2D eigenvalue weighted by Crippen LogP contribution is -2.47. The molecular weight excluding hydrogens is 322 g/mol. The molecule has 0 aromatic heterocycles. The Bertz CT molecular complexity index is 573. The second-order valence-corrected chi connectivity index (χ2v) is 7.52. The van der Waals surface area contributed by atoms with E-state index in [1.807, 2.05) is 0 Å². The summed E-state index contributed by atoms with van der Waals surface area (Å²) in [6, 6.07) is 6.65. The van der Waals surface area contributed by atoms with Crippen LogP contribution < -0.4 is 0 Å². The number of rotatable bonds is 4. The molecule has 0 unspecified atom stereocenters. The molecule has 0 spiro atoms. The van der Waals surface area contributed by atoms with E-state index in [1.54, 1.807) is 47.2 Å². The van der Waals surface area contributed by atoms with Crippen molar-refractivity contribution in [2.24, 2.45) is 0 Å². The number of carbonyl (C=O) groups is 2. The lowest BCUT2D eigenvalue weighted by Gasteiger charge is -2.35. The minimum atomic E-state index is -1.06. The third-order valence-corrected chi connectivity index (χ3v) is 5.58. The van der Waals surface area contributed by atoms with Gasteiger partial charge in [0.1, 0.15) is 0 Å². The van der Waals surface area contributed by atoms with Gasteiger partial charge in [0.15, 0.2) is 0 Å². The molecule has 1 amide bonds. The first-order valence-electron chi connectivity index (χ1n) is 6.92. The molecule has 1 fully saturated rings. The highest BCUT2D eigenvalue weighted by Crippen LogP contribution is 2.22. The number of nitrogens with zero attached hydrogens (tertiary/aromatic N) is 1. The highest BCUT2D eigenvalue weighted by atomic mass is 32.2. The third kappa shape index (κ3) is 4.10. The molecule has 1 saturated heterocycles. The van der Waals surface area contributed by atoms with Gasteiger partial charge >= 0.3 is 5.97 Å². The number of carbonyl (C=O) groups excluding carboxylic acids is 2. The number of hydrogen-bond acceptors (Lipinski definition) is 5. The topological polar surface area (TPSA) is 63.7 Å². The van der Waals surface area contributed by atoms with Crippen molar-refractivity contribution in [1.29, 1.82) is 0 Å². The second-order valence-electron chi connectivity index (χ2n) is 4.99. The lowest BCUT2D eigenvalue weighted by molar-refractivity contribution is -0.141. The molecule has 0 radical (unpaired) electrons. The number of thioether (sulfide) groups is 1. The first-order valence-corrected chi connectivity index (χ1v) is 9.63. The van der Waals surface area contributed by atoms with E-state index < -0.39 is 10.8 Å². The first kappa shape index (κ1) is 17.0. The monoisotopic (exact) mass is 341 g/mol. The minimum absolute atomic E-state index is 0.0948. The molecule has 1 aromatic carbocycles. The van der Waals surface area contributed by atoms with E-state index >= 15 is 0 Å².